The topological polar surface area (TPSA) is 83.7 Å². The van der Waals surface area contributed by atoms with Crippen LogP contribution in [0.4, 0.5) is 0 Å². The molecule has 7 nitrogen and oxygen atoms in total. The molecule has 2 aromatic carbocycles. The summed E-state index contributed by atoms with van der Waals surface area (Å²) in [4.78, 5) is 13.3. The molecule has 9 heteroatoms. The van der Waals surface area contributed by atoms with Crippen molar-refractivity contribution in [3.63, 3.8) is 0 Å². The van der Waals surface area contributed by atoms with Gasteiger partial charge in [-0.1, -0.05) is 35.6 Å². The third-order valence-electron chi connectivity index (χ3n) is 5.14. The van der Waals surface area contributed by atoms with Gasteiger partial charge in [-0.2, -0.15) is 0 Å². The number of hydrogen-bond acceptors (Lipinski definition) is 8. The maximum Gasteiger partial charge on any atom is 0.231 e. The van der Waals surface area contributed by atoms with Crippen molar-refractivity contribution >= 4 is 33.0 Å². The molecule has 0 spiro atoms. The fraction of sp³-hybridized carbons (Fsp3) is 0.240. The summed E-state index contributed by atoms with van der Waals surface area (Å²) in [7, 11) is 3.15. The number of hydrogen-bond donors (Lipinski definition) is 0. The van der Waals surface area contributed by atoms with Crippen molar-refractivity contribution in [3.05, 3.63) is 69.3 Å². The highest BCUT2D eigenvalue weighted by Gasteiger charge is 2.26. The van der Waals surface area contributed by atoms with Crippen molar-refractivity contribution in [2.24, 2.45) is 0 Å². The van der Waals surface area contributed by atoms with Crippen molar-refractivity contribution < 1.29 is 23.4 Å². The Hall–Kier alpha value is -3.01. The number of ketones is 1. The Morgan fingerprint density at radius 3 is 2.26 bits per heavy atom. The predicted molar refractivity (Wildman–Crippen MR) is 134 cm³/mol. The third kappa shape index (κ3) is 4.91. The molecule has 4 aromatic rings. The average Bonchev–Trinajstić information content (AvgIpc) is 3.52. The van der Waals surface area contributed by atoms with Crippen LogP contribution in [0, 0.1) is 6.92 Å². The summed E-state index contributed by atoms with van der Waals surface area (Å²) in [6, 6.07) is 14.6. The van der Waals surface area contributed by atoms with Gasteiger partial charge in [0.05, 0.1) is 14.2 Å². The number of halogens is 1. The maximum atomic E-state index is 13.3. The molecule has 1 atom stereocenters. The van der Waals surface area contributed by atoms with E-state index in [1.165, 1.54) is 11.3 Å². The first kappa shape index (κ1) is 24.1. The smallest absolute Gasteiger partial charge is 0.231 e. The Morgan fingerprint density at radius 1 is 1.03 bits per heavy atom. The van der Waals surface area contributed by atoms with Crippen LogP contribution < -0.4 is 9.47 Å². The van der Waals surface area contributed by atoms with Gasteiger partial charge in [-0.3, -0.25) is 4.79 Å². The zero-order valence-electron chi connectivity index (χ0n) is 19.1. The molecular formula is C25H23BrN2O5S. The minimum atomic E-state index is -0.789. The van der Waals surface area contributed by atoms with Crippen molar-refractivity contribution in [3.8, 4) is 33.4 Å². The van der Waals surface area contributed by atoms with Gasteiger partial charge in [0.2, 0.25) is 5.78 Å². The second kappa shape index (κ2) is 10.5. The lowest BCUT2D eigenvalue weighted by Gasteiger charge is -2.15. The molecule has 0 fully saturated rings. The van der Waals surface area contributed by atoms with Gasteiger partial charge in [0.15, 0.2) is 5.76 Å². The SMILES string of the molecule is CCOC(C(=O)c1ccc(-c2cc(OC)c(Br)c(OC)c2)o1)c1ccc(-c2nnc(C)s2)cc1. The molecule has 0 aliphatic heterocycles. The van der Waals surface area contributed by atoms with Gasteiger partial charge >= 0.3 is 0 Å². The van der Waals surface area contributed by atoms with Crippen LogP contribution in [-0.4, -0.2) is 36.8 Å². The first-order valence-corrected chi connectivity index (χ1v) is 12.1. The second-order valence-electron chi connectivity index (χ2n) is 7.31. The number of Topliss-reactive ketones (excluding diaryl/α,β-unsaturated/α-hetero) is 1. The van der Waals surface area contributed by atoms with Crippen molar-refractivity contribution in [1.29, 1.82) is 0 Å². The van der Waals surface area contributed by atoms with E-state index in [1.807, 2.05) is 50.2 Å². The average molecular weight is 543 g/mol. The highest BCUT2D eigenvalue weighted by molar-refractivity contribution is 9.10. The molecule has 0 aliphatic carbocycles. The molecule has 0 aliphatic rings. The van der Waals surface area contributed by atoms with Gasteiger partial charge in [-0.15, -0.1) is 10.2 Å². The largest absolute Gasteiger partial charge is 0.495 e. The quantitative estimate of drug-likeness (QED) is 0.223. The number of methoxy groups -OCH3 is 2. The number of ether oxygens (including phenoxy) is 3. The highest BCUT2D eigenvalue weighted by atomic mass is 79.9. The predicted octanol–water partition coefficient (Wildman–Crippen LogP) is 6.51. The monoisotopic (exact) mass is 542 g/mol. The standard InChI is InChI=1S/C25H23BrN2O5S/c1-5-32-24(15-6-8-16(9-7-15)25-28-27-14(2)34-25)23(29)19-11-10-18(33-19)17-12-20(30-3)22(26)21(13-17)31-4/h6-13,24H,5H2,1-4H3. The zero-order chi connectivity index (χ0) is 24.2. The van der Waals surface area contributed by atoms with Crippen LogP contribution in [0.2, 0.25) is 0 Å². The van der Waals surface area contributed by atoms with E-state index in [2.05, 4.69) is 26.1 Å². The molecule has 4 rings (SSSR count). The van der Waals surface area contributed by atoms with Crippen molar-refractivity contribution in [1.82, 2.24) is 10.2 Å². The molecule has 0 saturated carbocycles. The molecule has 0 N–H and O–H groups in total. The summed E-state index contributed by atoms with van der Waals surface area (Å²) in [6.45, 7) is 4.15. The van der Waals surface area contributed by atoms with E-state index in [9.17, 15) is 4.79 Å². The number of rotatable bonds is 9. The van der Waals surface area contributed by atoms with Crippen LogP contribution in [0.25, 0.3) is 21.9 Å². The van der Waals surface area contributed by atoms with Crippen molar-refractivity contribution in [2.45, 2.75) is 20.0 Å². The number of benzene rings is 2. The van der Waals surface area contributed by atoms with Crippen LogP contribution >= 0.6 is 27.3 Å². The minimum absolute atomic E-state index is 0.207. The van der Waals surface area contributed by atoms with E-state index in [1.54, 1.807) is 26.4 Å². The molecule has 2 heterocycles. The second-order valence-corrected chi connectivity index (χ2v) is 9.28. The summed E-state index contributed by atoms with van der Waals surface area (Å²) in [5.74, 6) is 1.65. The Balaban J connectivity index is 1.61. The van der Waals surface area contributed by atoms with Crippen molar-refractivity contribution in [2.75, 3.05) is 20.8 Å². The molecule has 34 heavy (non-hydrogen) atoms. The van der Waals surface area contributed by atoms with Gasteiger partial charge < -0.3 is 18.6 Å². The molecule has 2 aromatic heterocycles. The van der Waals surface area contributed by atoms with E-state index >= 15 is 0 Å². The summed E-state index contributed by atoms with van der Waals surface area (Å²) in [6.07, 6.45) is -0.789. The van der Waals surface area contributed by atoms with E-state index in [0.717, 1.165) is 26.7 Å². The number of aryl methyl sites for hydroxylation is 1. The number of furan rings is 1. The molecular weight excluding hydrogens is 520 g/mol. The van der Waals surface area contributed by atoms with Gasteiger partial charge in [-0.05, 0) is 59.6 Å². The Kier molecular flexibility index (Phi) is 7.45. The molecule has 1 unspecified atom stereocenters. The summed E-state index contributed by atoms with van der Waals surface area (Å²) in [5, 5.41) is 9.97. The van der Waals surface area contributed by atoms with Gasteiger partial charge in [0.25, 0.3) is 0 Å². The number of carbonyl (C=O) groups excluding carboxylic acids is 1. The maximum absolute atomic E-state index is 13.3. The molecule has 0 amide bonds. The fourth-order valence-corrected chi connectivity index (χ4v) is 4.72. The van der Waals surface area contributed by atoms with Crippen LogP contribution in [0.1, 0.15) is 34.2 Å². The number of aromatic nitrogens is 2. The first-order chi connectivity index (χ1) is 16.4. The molecule has 176 valence electrons. The van der Waals surface area contributed by atoms with E-state index in [-0.39, 0.29) is 11.5 Å². The van der Waals surface area contributed by atoms with E-state index < -0.39 is 6.10 Å². The lowest BCUT2D eigenvalue weighted by atomic mass is 10.0. The summed E-state index contributed by atoms with van der Waals surface area (Å²) in [5.41, 5.74) is 2.40. The number of carbonyl (C=O) groups is 1. The lowest BCUT2D eigenvalue weighted by molar-refractivity contribution is 0.0429. The van der Waals surface area contributed by atoms with Crippen LogP contribution in [-0.2, 0) is 4.74 Å². The van der Waals surface area contributed by atoms with Gasteiger partial charge in [-0.25, -0.2) is 0 Å². The first-order valence-electron chi connectivity index (χ1n) is 10.5. The number of nitrogens with zero attached hydrogens (tertiary/aromatic N) is 2. The Labute approximate surface area is 209 Å². The Bertz CT molecular complexity index is 1270. The fourth-order valence-electron chi connectivity index (χ4n) is 3.47. The summed E-state index contributed by atoms with van der Waals surface area (Å²) >= 11 is 4.98. The van der Waals surface area contributed by atoms with Gasteiger partial charge in [0, 0.05) is 17.7 Å². The third-order valence-corrected chi connectivity index (χ3v) is 6.81. The lowest BCUT2D eigenvalue weighted by Crippen LogP contribution is -2.16. The van der Waals surface area contributed by atoms with Gasteiger partial charge in [0.1, 0.15) is 37.9 Å². The van der Waals surface area contributed by atoms with Crippen LogP contribution in [0.3, 0.4) is 0 Å². The molecule has 0 saturated heterocycles. The Morgan fingerprint density at radius 2 is 1.71 bits per heavy atom. The highest BCUT2D eigenvalue weighted by Crippen LogP contribution is 2.39. The van der Waals surface area contributed by atoms with E-state index in [0.29, 0.717) is 28.3 Å². The molecule has 0 bridgehead atoms. The summed E-state index contributed by atoms with van der Waals surface area (Å²) < 4.78 is 23.3. The zero-order valence-corrected chi connectivity index (χ0v) is 21.5. The van der Waals surface area contributed by atoms with E-state index in [4.69, 9.17) is 18.6 Å². The van der Waals surface area contributed by atoms with Crippen LogP contribution in [0.15, 0.2) is 57.4 Å². The van der Waals surface area contributed by atoms with Crippen LogP contribution in [0.5, 0.6) is 11.5 Å². The molecule has 0 radical (unpaired) electrons. The normalized spacial score (nSPS) is 11.9. The minimum Gasteiger partial charge on any atom is -0.495 e.